The minimum absolute atomic E-state index is 0.154. The lowest BCUT2D eigenvalue weighted by molar-refractivity contribution is -0.105. The maximum Gasteiger partial charge on any atom is 0.231 e. The van der Waals surface area contributed by atoms with Gasteiger partial charge in [-0.1, -0.05) is 42.5 Å². The second-order valence-corrected chi connectivity index (χ2v) is 7.53. The smallest absolute Gasteiger partial charge is 0.231 e. The minimum atomic E-state index is -0.540. The van der Waals surface area contributed by atoms with Crippen LogP contribution in [0.25, 0.3) is 45.1 Å². The molecule has 5 aromatic rings. The van der Waals surface area contributed by atoms with Crippen LogP contribution >= 0.6 is 0 Å². The van der Waals surface area contributed by atoms with Crippen molar-refractivity contribution < 1.29 is 18.3 Å². The predicted octanol–water partition coefficient (Wildman–Crippen LogP) is 5.39. The molecule has 3 aromatic carbocycles. The number of halogens is 1. The Hall–Kier alpha value is -3.88. The molecule has 2 aromatic heterocycles. The highest BCUT2D eigenvalue weighted by Gasteiger charge is 2.25. The molecule has 0 fully saturated rings. The molecule has 166 valence electrons. The molecule has 2 heterocycles. The van der Waals surface area contributed by atoms with E-state index in [-0.39, 0.29) is 11.5 Å². The van der Waals surface area contributed by atoms with Gasteiger partial charge in [-0.3, -0.25) is 0 Å². The van der Waals surface area contributed by atoms with Gasteiger partial charge in [0.25, 0.3) is 0 Å². The average molecular weight is 444 g/mol. The predicted molar refractivity (Wildman–Crippen MR) is 122 cm³/mol. The Morgan fingerprint density at radius 2 is 1.76 bits per heavy atom. The summed E-state index contributed by atoms with van der Waals surface area (Å²) in [4.78, 5) is 4.62. The van der Waals surface area contributed by atoms with Gasteiger partial charge in [0, 0.05) is 32.4 Å². The molecule has 0 saturated carbocycles. The Morgan fingerprint density at radius 3 is 2.45 bits per heavy atom. The Balaban J connectivity index is 1.76. The van der Waals surface area contributed by atoms with Crippen LogP contribution in [-0.2, 0) is 16.5 Å². The lowest BCUT2D eigenvalue weighted by atomic mass is 9.94. The first-order valence-corrected chi connectivity index (χ1v) is 10.3. The summed E-state index contributed by atoms with van der Waals surface area (Å²) in [6.45, 7) is 0. The SMILES string of the molecule is COC(OC)c1ccc2oc(-c3c(F)ccc(-c4ccccc4)c3-c3nncn3C)nc2c1. The molecule has 0 aliphatic carbocycles. The van der Waals surface area contributed by atoms with Gasteiger partial charge < -0.3 is 18.5 Å². The standard InChI is InChI=1S/C25H21FN4O3/c1-30-14-27-29-23(30)21-17(15-7-5-4-6-8-15)10-11-18(26)22(21)24-28-19-13-16(25(31-2)32-3)9-12-20(19)33-24/h4-14,25H,1-3H3. The maximum absolute atomic E-state index is 15.4. The van der Waals surface area contributed by atoms with E-state index in [1.807, 2.05) is 43.4 Å². The van der Waals surface area contributed by atoms with Gasteiger partial charge in [-0.05, 0) is 29.3 Å². The molecule has 0 atom stereocenters. The number of aryl methyl sites for hydroxylation is 1. The third-order valence-electron chi connectivity index (χ3n) is 5.50. The van der Waals surface area contributed by atoms with E-state index in [1.54, 1.807) is 43.3 Å². The van der Waals surface area contributed by atoms with Crippen LogP contribution in [0.2, 0.25) is 0 Å². The normalized spacial score (nSPS) is 11.5. The fraction of sp³-hybridized carbons (Fsp3) is 0.160. The number of hydrogen-bond donors (Lipinski definition) is 0. The average Bonchev–Trinajstić information content (AvgIpc) is 3.45. The summed E-state index contributed by atoms with van der Waals surface area (Å²) in [7, 11) is 4.93. The number of aromatic nitrogens is 4. The highest BCUT2D eigenvalue weighted by molar-refractivity contribution is 5.92. The molecule has 7 nitrogen and oxygen atoms in total. The third-order valence-corrected chi connectivity index (χ3v) is 5.50. The fourth-order valence-electron chi connectivity index (χ4n) is 3.95. The van der Waals surface area contributed by atoms with Crippen molar-refractivity contribution in [1.82, 2.24) is 19.7 Å². The molecule has 8 heteroatoms. The summed E-state index contributed by atoms with van der Waals surface area (Å²) < 4.78 is 33.8. The van der Waals surface area contributed by atoms with Crippen molar-refractivity contribution in [2.45, 2.75) is 6.29 Å². The molecule has 0 radical (unpaired) electrons. The summed E-state index contributed by atoms with van der Waals surface area (Å²) in [6.07, 6.45) is 1.04. The molecule has 33 heavy (non-hydrogen) atoms. The number of rotatable bonds is 6. The molecule has 0 unspecified atom stereocenters. The fourth-order valence-corrected chi connectivity index (χ4v) is 3.95. The van der Waals surface area contributed by atoms with Gasteiger partial charge in [0.1, 0.15) is 17.7 Å². The quantitative estimate of drug-likeness (QED) is 0.327. The maximum atomic E-state index is 15.4. The van der Waals surface area contributed by atoms with E-state index in [4.69, 9.17) is 13.9 Å². The summed E-state index contributed by atoms with van der Waals surface area (Å²) in [6, 6.07) is 18.3. The van der Waals surface area contributed by atoms with Gasteiger partial charge in [-0.15, -0.1) is 10.2 Å². The Kier molecular flexibility index (Phi) is 5.45. The number of hydrogen-bond acceptors (Lipinski definition) is 6. The third kappa shape index (κ3) is 3.69. The van der Waals surface area contributed by atoms with Crippen molar-refractivity contribution >= 4 is 11.1 Å². The van der Waals surface area contributed by atoms with Crippen molar-refractivity contribution in [1.29, 1.82) is 0 Å². The van der Waals surface area contributed by atoms with E-state index >= 15 is 4.39 Å². The first-order chi connectivity index (χ1) is 16.1. The van der Waals surface area contributed by atoms with Crippen LogP contribution in [0.5, 0.6) is 0 Å². The molecule has 0 aliphatic rings. The van der Waals surface area contributed by atoms with Gasteiger partial charge in [0.15, 0.2) is 17.7 Å². The number of nitrogens with zero attached hydrogens (tertiary/aromatic N) is 4. The minimum Gasteiger partial charge on any atom is -0.436 e. The topological polar surface area (TPSA) is 75.2 Å². The number of oxazole rings is 1. The number of fused-ring (bicyclic) bond motifs is 1. The van der Waals surface area contributed by atoms with E-state index in [1.165, 1.54) is 6.07 Å². The van der Waals surface area contributed by atoms with E-state index < -0.39 is 12.1 Å². The molecule has 0 bridgehead atoms. The summed E-state index contributed by atoms with van der Waals surface area (Å²) >= 11 is 0. The number of methoxy groups -OCH3 is 2. The van der Waals surface area contributed by atoms with E-state index in [9.17, 15) is 0 Å². The van der Waals surface area contributed by atoms with Crippen LogP contribution in [0.3, 0.4) is 0 Å². The van der Waals surface area contributed by atoms with Crippen LogP contribution in [0.4, 0.5) is 4.39 Å². The summed E-state index contributed by atoms with van der Waals surface area (Å²) in [5.41, 5.74) is 4.35. The molecule has 0 amide bonds. The van der Waals surface area contributed by atoms with Crippen LogP contribution in [0.15, 0.2) is 71.4 Å². The van der Waals surface area contributed by atoms with E-state index in [2.05, 4.69) is 15.2 Å². The monoisotopic (exact) mass is 444 g/mol. The van der Waals surface area contributed by atoms with Crippen molar-refractivity contribution in [3.8, 4) is 34.0 Å². The van der Waals surface area contributed by atoms with Crippen LogP contribution in [-0.4, -0.2) is 34.0 Å². The Morgan fingerprint density at radius 1 is 0.970 bits per heavy atom. The summed E-state index contributed by atoms with van der Waals surface area (Å²) in [5.74, 6) is 0.193. The molecule has 0 spiro atoms. The Bertz CT molecular complexity index is 1420. The van der Waals surface area contributed by atoms with E-state index in [0.29, 0.717) is 22.5 Å². The van der Waals surface area contributed by atoms with Gasteiger partial charge in [-0.25, -0.2) is 9.37 Å². The zero-order valence-corrected chi connectivity index (χ0v) is 18.3. The van der Waals surface area contributed by atoms with Gasteiger partial charge in [-0.2, -0.15) is 0 Å². The van der Waals surface area contributed by atoms with Crippen LogP contribution < -0.4 is 0 Å². The largest absolute Gasteiger partial charge is 0.436 e. The highest BCUT2D eigenvalue weighted by Crippen LogP contribution is 2.41. The lowest BCUT2D eigenvalue weighted by Crippen LogP contribution is -2.03. The van der Waals surface area contributed by atoms with Gasteiger partial charge in [0.2, 0.25) is 5.89 Å². The van der Waals surface area contributed by atoms with Gasteiger partial charge in [0.05, 0.1) is 5.56 Å². The number of ether oxygens (including phenoxy) is 2. The molecule has 5 rings (SSSR count). The van der Waals surface area contributed by atoms with Crippen molar-refractivity contribution in [3.05, 3.63) is 78.4 Å². The zero-order valence-electron chi connectivity index (χ0n) is 18.3. The molecule has 0 saturated heterocycles. The van der Waals surface area contributed by atoms with Crippen molar-refractivity contribution in [2.24, 2.45) is 7.05 Å². The molecule has 0 aliphatic heterocycles. The van der Waals surface area contributed by atoms with E-state index in [0.717, 1.165) is 16.7 Å². The first kappa shape index (κ1) is 21.0. The Labute approximate surface area is 189 Å². The zero-order chi connectivity index (χ0) is 22.9. The van der Waals surface area contributed by atoms with Crippen LogP contribution in [0, 0.1) is 5.82 Å². The second kappa shape index (κ2) is 8.57. The first-order valence-electron chi connectivity index (χ1n) is 10.3. The van der Waals surface area contributed by atoms with Gasteiger partial charge >= 0.3 is 0 Å². The highest BCUT2D eigenvalue weighted by atomic mass is 19.1. The molecule has 0 N–H and O–H groups in total. The van der Waals surface area contributed by atoms with Crippen molar-refractivity contribution in [3.63, 3.8) is 0 Å². The van der Waals surface area contributed by atoms with Crippen LogP contribution in [0.1, 0.15) is 11.9 Å². The molecular formula is C25H21FN4O3. The summed E-state index contributed by atoms with van der Waals surface area (Å²) in [5, 5.41) is 8.26. The van der Waals surface area contributed by atoms with Crippen molar-refractivity contribution in [2.75, 3.05) is 14.2 Å². The molecular weight excluding hydrogens is 423 g/mol. The lowest BCUT2D eigenvalue weighted by Gasteiger charge is -2.14. The number of benzene rings is 3. The second-order valence-electron chi connectivity index (χ2n) is 7.53.